The number of methoxy groups -OCH3 is 1. The number of benzene rings is 2. The molecule has 136 valence electrons. The van der Waals surface area contributed by atoms with Crippen LogP contribution in [0.1, 0.15) is 47.2 Å². The zero-order valence-electron chi connectivity index (χ0n) is 15.4. The van der Waals surface area contributed by atoms with E-state index < -0.39 is 0 Å². The van der Waals surface area contributed by atoms with Gasteiger partial charge < -0.3 is 4.74 Å². The van der Waals surface area contributed by atoms with E-state index in [2.05, 4.69) is 35.2 Å². The van der Waals surface area contributed by atoms with Gasteiger partial charge in [-0.05, 0) is 36.8 Å². The first-order chi connectivity index (χ1) is 12.7. The highest BCUT2D eigenvalue weighted by atomic mass is 16.5. The number of nitrogens with zero attached hydrogens (tertiary/aromatic N) is 1. The number of carbonyl (C=O) groups excluding carboxylic acids is 1. The van der Waals surface area contributed by atoms with Crippen molar-refractivity contribution in [3.05, 3.63) is 71.3 Å². The fourth-order valence-corrected chi connectivity index (χ4v) is 4.71. The smallest absolute Gasteiger partial charge is 0.166 e. The number of rotatable bonds is 6. The van der Waals surface area contributed by atoms with Gasteiger partial charge in [0.1, 0.15) is 0 Å². The van der Waals surface area contributed by atoms with E-state index in [4.69, 9.17) is 4.74 Å². The zero-order chi connectivity index (χ0) is 17.9. The van der Waals surface area contributed by atoms with Crippen LogP contribution in [0.15, 0.2) is 54.6 Å². The van der Waals surface area contributed by atoms with Crippen LogP contribution in [-0.2, 0) is 17.9 Å². The van der Waals surface area contributed by atoms with Crippen LogP contribution in [-0.4, -0.2) is 29.9 Å². The fraction of sp³-hybridized carbons (Fsp3) is 0.435. The minimum atomic E-state index is 0.174. The highest BCUT2D eigenvalue weighted by Crippen LogP contribution is 2.40. The van der Waals surface area contributed by atoms with Gasteiger partial charge in [-0.3, -0.25) is 9.69 Å². The van der Waals surface area contributed by atoms with E-state index in [1.807, 2.05) is 24.3 Å². The summed E-state index contributed by atoms with van der Waals surface area (Å²) in [7, 11) is 1.69. The maximum atomic E-state index is 13.0. The predicted octanol–water partition coefficient (Wildman–Crippen LogP) is 4.46. The molecule has 2 aliphatic rings. The van der Waals surface area contributed by atoms with Crippen molar-refractivity contribution >= 4 is 5.78 Å². The van der Waals surface area contributed by atoms with Crippen molar-refractivity contribution in [3.63, 3.8) is 0 Å². The monoisotopic (exact) mass is 349 g/mol. The number of piperidine rings is 1. The molecular weight excluding hydrogens is 322 g/mol. The number of carbonyl (C=O) groups is 1. The molecule has 2 heterocycles. The van der Waals surface area contributed by atoms with Crippen molar-refractivity contribution in [3.8, 4) is 0 Å². The third-order valence-electron chi connectivity index (χ3n) is 6.01. The van der Waals surface area contributed by atoms with Gasteiger partial charge in [-0.15, -0.1) is 0 Å². The molecule has 4 rings (SSSR count). The third kappa shape index (κ3) is 3.60. The molecule has 2 aromatic rings. The van der Waals surface area contributed by atoms with E-state index in [1.54, 1.807) is 7.11 Å². The molecule has 2 atom stereocenters. The highest BCUT2D eigenvalue weighted by Gasteiger charge is 2.42. The van der Waals surface area contributed by atoms with E-state index in [0.717, 1.165) is 30.5 Å². The van der Waals surface area contributed by atoms with Crippen LogP contribution in [0.2, 0.25) is 0 Å². The number of hydrogen-bond acceptors (Lipinski definition) is 3. The zero-order valence-corrected chi connectivity index (χ0v) is 15.4. The maximum Gasteiger partial charge on any atom is 0.166 e. The summed E-state index contributed by atoms with van der Waals surface area (Å²) in [5.74, 6) is 0.498. The Morgan fingerprint density at radius 2 is 1.62 bits per heavy atom. The summed E-state index contributed by atoms with van der Waals surface area (Å²) in [6.45, 7) is 1.61. The quantitative estimate of drug-likeness (QED) is 0.721. The molecule has 0 spiro atoms. The van der Waals surface area contributed by atoms with Crippen LogP contribution >= 0.6 is 0 Å². The van der Waals surface area contributed by atoms with Crippen molar-refractivity contribution in [2.24, 2.45) is 5.92 Å². The normalized spacial score (nSPS) is 25.3. The van der Waals surface area contributed by atoms with E-state index in [-0.39, 0.29) is 5.92 Å². The first-order valence-electron chi connectivity index (χ1n) is 9.66. The Morgan fingerprint density at radius 1 is 0.962 bits per heavy atom. The second-order valence-electron chi connectivity index (χ2n) is 7.71. The van der Waals surface area contributed by atoms with Crippen molar-refractivity contribution < 1.29 is 9.53 Å². The van der Waals surface area contributed by atoms with Crippen LogP contribution in [0, 0.1) is 5.92 Å². The summed E-state index contributed by atoms with van der Waals surface area (Å²) in [6.07, 6.45) is 4.46. The minimum absolute atomic E-state index is 0.174. The lowest BCUT2D eigenvalue weighted by atomic mass is 9.84. The molecule has 3 heteroatoms. The van der Waals surface area contributed by atoms with Crippen molar-refractivity contribution in [2.45, 2.75) is 50.9 Å². The fourth-order valence-electron chi connectivity index (χ4n) is 4.71. The van der Waals surface area contributed by atoms with Gasteiger partial charge >= 0.3 is 0 Å². The van der Waals surface area contributed by atoms with Gasteiger partial charge in [0.25, 0.3) is 0 Å². The van der Waals surface area contributed by atoms with E-state index in [0.29, 0.717) is 24.5 Å². The van der Waals surface area contributed by atoms with Gasteiger partial charge in [0, 0.05) is 37.2 Å². The van der Waals surface area contributed by atoms with Gasteiger partial charge in [-0.2, -0.15) is 0 Å². The van der Waals surface area contributed by atoms with Crippen LogP contribution in [0.5, 0.6) is 0 Å². The summed E-state index contributed by atoms with van der Waals surface area (Å²) in [6, 6.07) is 19.8. The highest BCUT2D eigenvalue weighted by molar-refractivity contribution is 5.98. The van der Waals surface area contributed by atoms with Crippen LogP contribution in [0.3, 0.4) is 0 Å². The van der Waals surface area contributed by atoms with Crippen LogP contribution < -0.4 is 0 Å². The minimum Gasteiger partial charge on any atom is -0.380 e. The Labute approximate surface area is 156 Å². The van der Waals surface area contributed by atoms with Crippen LogP contribution in [0.4, 0.5) is 0 Å². The molecule has 0 aliphatic carbocycles. The van der Waals surface area contributed by atoms with E-state index >= 15 is 0 Å². The predicted molar refractivity (Wildman–Crippen MR) is 103 cm³/mol. The Balaban J connectivity index is 1.42. The number of hydrogen-bond donors (Lipinski definition) is 0. The van der Waals surface area contributed by atoms with Gasteiger partial charge in [-0.1, -0.05) is 54.6 Å². The topological polar surface area (TPSA) is 29.5 Å². The standard InChI is InChI=1S/C23H27NO2/c1-26-16-18-7-9-19(10-8-18)23(25)20-13-21-11-12-22(14-20)24(21)15-17-5-3-2-4-6-17/h2-10,20-22H,11-16H2,1H3. The molecule has 0 saturated carbocycles. The average molecular weight is 349 g/mol. The Hall–Kier alpha value is -1.97. The van der Waals surface area contributed by atoms with Gasteiger partial charge in [0.05, 0.1) is 6.61 Å². The van der Waals surface area contributed by atoms with Crippen LogP contribution in [0.25, 0.3) is 0 Å². The number of ketones is 1. The molecule has 0 amide bonds. The summed E-state index contributed by atoms with van der Waals surface area (Å²) in [5.41, 5.74) is 3.34. The summed E-state index contributed by atoms with van der Waals surface area (Å²) in [4.78, 5) is 15.6. The van der Waals surface area contributed by atoms with Gasteiger partial charge in [0.15, 0.2) is 5.78 Å². The molecule has 2 bridgehead atoms. The lowest BCUT2D eigenvalue weighted by molar-refractivity contribution is 0.0678. The average Bonchev–Trinajstić information content (AvgIpc) is 2.90. The third-order valence-corrected chi connectivity index (χ3v) is 6.01. The lowest BCUT2D eigenvalue weighted by Crippen LogP contribution is -2.44. The molecule has 2 unspecified atom stereocenters. The number of fused-ring (bicyclic) bond motifs is 2. The molecule has 2 fully saturated rings. The SMILES string of the molecule is COCc1ccc(C(=O)C2CC3CCC(C2)N3Cc2ccccc2)cc1. The summed E-state index contributed by atoms with van der Waals surface area (Å²) < 4.78 is 5.15. The summed E-state index contributed by atoms with van der Waals surface area (Å²) in [5, 5.41) is 0. The summed E-state index contributed by atoms with van der Waals surface area (Å²) >= 11 is 0. The first kappa shape index (κ1) is 17.4. The van der Waals surface area contributed by atoms with E-state index in [1.165, 1.54) is 18.4 Å². The number of Topliss-reactive ketones (excluding diaryl/α,β-unsaturated/α-hetero) is 1. The molecule has 2 saturated heterocycles. The maximum absolute atomic E-state index is 13.0. The molecule has 26 heavy (non-hydrogen) atoms. The number of ether oxygens (including phenoxy) is 1. The Kier molecular flexibility index (Phi) is 5.18. The second-order valence-corrected chi connectivity index (χ2v) is 7.71. The van der Waals surface area contributed by atoms with Crippen molar-refractivity contribution in [1.29, 1.82) is 0 Å². The molecular formula is C23H27NO2. The first-order valence-corrected chi connectivity index (χ1v) is 9.66. The Morgan fingerprint density at radius 3 is 2.23 bits per heavy atom. The van der Waals surface area contributed by atoms with E-state index in [9.17, 15) is 4.79 Å². The van der Waals surface area contributed by atoms with Gasteiger partial charge in [0.2, 0.25) is 0 Å². The van der Waals surface area contributed by atoms with Crippen molar-refractivity contribution in [2.75, 3.05) is 7.11 Å². The molecule has 3 nitrogen and oxygen atoms in total. The Bertz CT molecular complexity index is 727. The molecule has 0 aromatic heterocycles. The lowest BCUT2D eigenvalue weighted by Gasteiger charge is -2.38. The molecule has 2 aromatic carbocycles. The largest absolute Gasteiger partial charge is 0.380 e. The molecule has 0 radical (unpaired) electrons. The molecule has 2 aliphatic heterocycles. The van der Waals surface area contributed by atoms with Gasteiger partial charge in [-0.25, -0.2) is 0 Å². The molecule has 0 N–H and O–H groups in total. The van der Waals surface area contributed by atoms with Crippen molar-refractivity contribution in [1.82, 2.24) is 4.90 Å². The second kappa shape index (κ2) is 7.73.